The second-order valence-electron chi connectivity index (χ2n) is 7.60. The van der Waals surface area contributed by atoms with Crippen LogP contribution in [-0.4, -0.2) is 32.0 Å². The molecule has 0 radical (unpaired) electrons. The molecule has 3 aromatic rings. The van der Waals surface area contributed by atoms with Crippen LogP contribution >= 0.6 is 11.8 Å². The number of carbonyl (C=O) groups is 2. The third kappa shape index (κ3) is 5.73. The number of hydrogen-bond donors (Lipinski definition) is 2. The average molecular weight is 436 g/mol. The molecule has 0 spiro atoms. The zero-order chi connectivity index (χ0) is 21.6. The maximum absolute atomic E-state index is 12.5. The highest BCUT2D eigenvalue weighted by Crippen LogP contribution is 2.40. The topological polar surface area (TPSA) is 88.9 Å². The SMILES string of the molecule is CC(Sc1nnc(C2CC2)n1Cc1ccccc1)C(=O)NC(=O)NCc1ccccc1. The molecule has 0 aliphatic heterocycles. The lowest BCUT2D eigenvalue weighted by atomic mass is 10.2. The van der Waals surface area contributed by atoms with Gasteiger partial charge in [-0.3, -0.25) is 10.1 Å². The molecule has 2 aromatic carbocycles. The van der Waals surface area contributed by atoms with E-state index in [1.54, 1.807) is 6.92 Å². The maximum atomic E-state index is 12.5. The number of thioether (sulfide) groups is 1. The summed E-state index contributed by atoms with van der Waals surface area (Å²) in [5.74, 6) is 1.05. The smallest absolute Gasteiger partial charge is 0.321 e. The molecule has 1 aliphatic rings. The van der Waals surface area contributed by atoms with Crippen LogP contribution < -0.4 is 10.6 Å². The molecule has 1 aliphatic carbocycles. The highest BCUT2D eigenvalue weighted by atomic mass is 32.2. The zero-order valence-electron chi connectivity index (χ0n) is 17.3. The molecule has 160 valence electrons. The van der Waals surface area contributed by atoms with Gasteiger partial charge in [0.05, 0.1) is 11.8 Å². The van der Waals surface area contributed by atoms with Crippen molar-refractivity contribution >= 4 is 23.7 Å². The molecule has 1 atom stereocenters. The summed E-state index contributed by atoms with van der Waals surface area (Å²) in [4.78, 5) is 24.6. The van der Waals surface area contributed by atoms with E-state index in [1.807, 2.05) is 48.5 Å². The summed E-state index contributed by atoms with van der Waals surface area (Å²) in [5, 5.41) is 14.1. The minimum atomic E-state index is -0.509. The van der Waals surface area contributed by atoms with Crippen LogP contribution in [0.2, 0.25) is 0 Å². The van der Waals surface area contributed by atoms with Gasteiger partial charge < -0.3 is 9.88 Å². The van der Waals surface area contributed by atoms with Gasteiger partial charge in [-0.1, -0.05) is 72.4 Å². The number of rotatable bonds is 8. The predicted molar refractivity (Wildman–Crippen MR) is 120 cm³/mol. The summed E-state index contributed by atoms with van der Waals surface area (Å²) in [6, 6.07) is 19.2. The van der Waals surface area contributed by atoms with E-state index in [1.165, 1.54) is 11.8 Å². The van der Waals surface area contributed by atoms with Crippen LogP contribution in [0.25, 0.3) is 0 Å². The molecule has 2 N–H and O–H groups in total. The third-order valence-corrected chi connectivity index (χ3v) is 6.14. The number of urea groups is 1. The van der Waals surface area contributed by atoms with Crippen LogP contribution in [0.4, 0.5) is 4.79 Å². The summed E-state index contributed by atoms with van der Waals surface area (Å²) < 4.78 is 2.09. The van der Waals surface area contributed by atoms with Crippen molar-refractivity contribution in [2.24, 2.45) is 0 Å². The van der Waals surface area contributed by atoms with E-state index in [-0.39, 0.29) is 5.91 Å². The molecule has 0 bridgehead atoms. The number of aromatic nitrogens is 3. The van der Waals surface area contributed by atoms with E-state index in [9.17, 15) is 9.59 Å². The molecule has 8 heteroatoms. The first-order valence-corrected chi connectivity index (χ1v) is 11.2. The second kappa shape index (κ2) is 9.78. The Morgan fingerprint density at radius 3 is 2.32 bits per heavy atom. The molecule has 1 saturated carbocycles. The van der Waals surface area contributed by atoms with E-state index in [2.05, 4.69) is 37.5 Å². The first kappa shape index (κ1) is 21.1. The fourth-order valence-electron chi connectivity index (χ4n) is 3.19. The second-order valence-corrected chi connectivity index (χ2v) is 8.91. The van der Waals surface area contributed by atoms with Gasteiger partial charge in [0.2, 0.25) is 5.91 Å². The summed E-state index contributed by atoms with van der Waals surface area (Å²) >= 11 is 1.32. The van der Waals surface area contributed by atoms with Crippen molar-refractivity contribution in [2.75, 3.05) is 0 Å². The minimum Gasteiger partial charge on any atom is -0.334 e. The molecular weight excluding hydrogens is 410 g/mol. The van der Waals surface area contributed by atoms with E-state index < -0.39 is 11.3 Å². The number of benzene rings is 2. The molecule has 1 fully saturated rings. The van der Waals surface area contributed by atoms with E-state index in [0.29, 0.717) is 24.2 Å². The first-order chi connectivity index (χ1) is 15.1. The fourth-order valence-corrected chi connectivity index (χ4v) is 4.05. The van der Waals surface area contributed by atoms with Crippen LogP contribution in [0.5, 0.6) is 0 Å². The lowest BCUT2D eigenvalue weighted by Crippen LogP contribution is -2.42. The Labute approximate surface area is 185 Å². The molecule has 4 rings (SSSR count). The lowest BCUT2D eigenvalue weighted by molar-refractivity contribution is -0.119. The third-order valence-electron chi connectivity index (χ3n) is 5.06. The lowest BCUT2D eigenvalue weighted by Gasteiger charge is -2.14. The van der Waals surface area contributed by atoms with Gasteiger partial charge >= 0.3 is 6.03 Å². The van der Waals surface area contributed by atoms with Gasteiger partial charge in [0.1, 0.15) is 5.82 Å². The van der Waals surface area contributed by atoms with E-state index in [4.69, 9.17) is 0 Å². The number of nitrogens with zero attached hydrogens (tertiary/aromatic N) is 3. The summed E-state index contributed by atoms with van der Waals surface area (Å²) in [6.45, 7) is 2.79. The van der Waals surface area contributed by atoms with Gasteiger partial charge in [-0.15, -0.1) is 10.2 Å². The van der Waals surface area contributed by atoms with Crippen LogP contribution in [0, 0.1) is 0 Å². The van der Waals surface area contributed by atoms with Crippen LogP contribution in [-0.2, 0) is 17.9 Å². The van der Waals surface area contributed by atoms with Crippen molar-refractivity contribution in [3.8, 4) is 0 Å². The average Bonchev–Trinajstić information content (AvgIpc) is 3.56. The molecule has 0 saturated heterocycles. The van der Waals surface area contributed by atoms with E-state index in [0.717, 1.165) is 29.8 Å². The Balaban J connectivity index is 1.36. The standard InChI is InChI=1S/C23H25N5O2S/c1-16(21(29)25-22(30)24-14-17-8-4-2-5-9-17)31-23-27-26-20(19-12-13-19)28(23)15-18-10-6-3-7-11-18/h2-11,16,19H,12-15H2,1H3,(H2,24,25,29,30). The van der Waals surface area contributed by atoms with Gasteiger partial charge in [0.15, 0.2) is 5.16 Å². The number of nitrogens with one attached hydrogen (secondary N) is 2. The molecule has 7 nitrogen and oxygen atoms in total. The quantitative estimate of drug-likeness (QED) is 0.527. The number of amides is 3. The molecule has 3 amide bonds. The maximum Gasteiger partial charge on any atom is 0.321 e. The normalized spacial score (nSPS) is 14.1. The zero-order valence-corrected chi connectivity index (χ0v) is 18.1. The summed E-state index contributed by atoms with van der Waals surface area (Å²) in [7, 11) is 0. The largest absolute Gasteiger partial charge is 0.334 e. The molecule has 1 unspecified atom stereocenters. The fraction of sp³-hybridized carbons (Fsp3) is 0.304. The molecule has 1 aromatic heterocycles. The van der Waals surface area contributed by atoms with Crippen LogP contribution in [0.3, 0.4) is 0 Å². The predicted octanol–water partition coefficient (Wildman–Crippen LogP) is 3.71. The van der Waals surface area contributed by atoms with Crippen LogP contribution in [0.1, 0.15) is 42.6 Å². The highest BCUT2D eigenvalue weighted by molar-refractivity contribution is 8.00. The number of carbonyl (C=O) groups excluding carboxylic acids is 2. The molecule has 1 heterocycles. The molecular formula is C23H25N5O2S. The number of imide groups is 1. The van der Waals surface area contributed by atoms with Crippen molar-refractivity contribution in [3.63, 3.8) is 0 Å². The first-order valence-electron chi connectivity index (χ1n) is 10.4. The van der Waals surface area contributed by atoms with Gasteiger partial charge in [-0.05, 0) is 30.9 Å². The monoisotopic (exact) mass is 435 g/mol. The highest BCUT2D eigenvalue weighted by Gasteiger charge is 2.31. The summed E-state index contributed by atoms with van der Waals surface area (Å²) in [6.07, 6.45) is 2.24. The Morgan fingerprint density at radius 1 is 1.03 bits per heavy atom. The van der Waals surface area contributed by atoms with Crippen LogP contribution in [0.15, 0.2) is 65.8 Å². The van der Waals surface area contributed by atoms with Crippen molar-refractivity contribution in [1.29, 1.82) is 0 Å². The van der Waals surface area contributed by atoms with E-state index >= 15 is 0 Å². The minimum absolute atomic E-state index is 0.359. The van der Waals surface area contributed by atoms with Crippen molar-refractivity contribution in [2.45, 2.75) is 49.2 Å². The Hall–Kier alpha value is -3.13. The Bertz CT molecular complexity index is 1030. The van der Waals surface area contributed by atoms with Crippen molar-refractivity contribution in [1.82, 2.24) is 25.4 Å². The summed E-state index contributed by atoms with van der Waals surface area (Å²) in [5.41, 5.74) is 2.12. The van der Waals surface area contributed by atoms with Gasteiger partial charge in [0.25, 0.3) is 0 Å². The number of hydrogen-bond acceptors (Lipinski definition) is 5. The Morgan fingerprint density at radius 2 is 1.68 bits per heavy atom. The Kier molecular flexibility index (Phi) is 6.66. The van der Waals surface area contributed by atoms with Gasteiger partial charge in [-0.2, -0.15) is 0 Å². The molecule has 31 heavy (non-hydrogen) atoms. The van der Waals surface area contributed by atoms with Gasteiger partial charge in [0, 0.05) is 12.5 Å². The van der Waals surface area contributed by atoms with Gasteiger partial charge in [-0.25, -0.2) is 4.79 Å². The van der Waals surface area contributed by atoms with Crippen molar-refractivity contribution < 1.29 is 9.59 Å². The van der Waals surface area contributed by atoms with Crippen molar-refractivity contribution in [3.05, 3.63) is 77.6 Å².